The van der Waals surface area contributed by atoms with E-state index in [0.29, 0.717) is 27.3 Å². The maximum Gasteiger partial charge on any atom is 0.243 e. The Morgan fingerprint density at radius 1 is 1.14 bits per heavy atom. The number of hydrogen-bond acceptors (Lipinski definition) is 6. The van der Waals surface area contributed by atoms with E-state index in [2.05, 4.69) is 15.3 Å². The molecule has 0 saturated carbocycles. The van der Waals surface area contributed by atoms with Gasteiger partial charge in [-0.15, -0.1) is 10.2 Å². The zero-order chi connectivity index (χ0) is 20.6. The van der Waals surface area contributed by atoms with Gasteiger partial charge in [-0.25, -0.2) is 8.42 Å². The number of fused-ring (bicyclic) bond motifs is 1. The minimum Gasteiger partial charge on any atom is -0.207 e. The van der Waals surface area contributed by atoms with Gasteiger partial charge in [-0.3, -0.25) is 0 Å². The Kier molecular flexibility index (Phi) is 5.48. The minimum absolute atomic E-state index is 0.0572. The van der Waals surface area contributed by atoms with Gasteiger partial charge in [0.2, 0.25) is 15.2 Å². The second-order valence-corrected chi connectivity index (χ2v) is 9.97. The third-order valence-electron chi connectivity index (χ3n) is 4.56. The lowest BCUT2D eigenvalue weighted by molar-refractivity contribution is 0.447. The lowest BCUT2D eigenvalue weighted by Gasteiger charge is -2.19. The zero-order valence-electron chi connectivity index (χ0n) is 15.8. The van der Waals surface area contributed by atoms with Gasteiger partial charge >= 0.3 is 0 Å². The highest BCUT2D eigenvalue weighted by Crippen LogP contribution is 2.26. The highest BCUT2D eigenvalue weighted by Gasteiger charge is 2.26. The molecule has 0 N–H and O–H groups in total. The smallest absolute Gasteiger partial charge is 0.207 e. The van der Waals surface area contributed by atoms with Gasteiger partial charge in [-0.1, -0.05) is 53.7 Å². The first-order chi connectivity index (χ1) is 13.9. The number of benzene rings is 2. The van der Waals surface area contributed by atoms with Gasteiger partial charge in [0.1, 0.15) is 0 Å². The molecule has 29 heavy (non-hydrogen) atoms. The van der Waals surface area contributed by atoms with Crippen LogP contribution in [0.5, 0.6) is 0 Å². The quantitative estimate of drug-likeness (QED) is 0.598. The van der Waals surface area contributed by atoms with Crippen molar-refractivity contribution in [2.45, 2.75) is 23.5 Å². The molecule has 0 fully saturated rings. The third-order valence-corrected chi connectivity index (χ3v) is 7.70. The molecule has 1 aromatic heterocycles. The summed E-state index contributed by atoms with van der Waals surface area (Å²) in [7, 11) is -2.13. The fourth-order valence-electron chi connectivity index (χ4n) is 2.95. The number of sulfonamides is 1. The lowest BCUT2D eigenvalue weighted by atomic mass is 10.1. The number of thioether (sulfide) groups is 1. The Labute approximate surface area is 178 Å². The van der Waals surface area contributed by atoms with Crippen LogP contribution in [0.3, 0.4) is 0 Å². The average molecular weight is 448 g/mol. The molecule has 0 spiro atoms. The fourth-order valence-corrected chi connectivity index (χ4v) is 5.28. The summed E-state index contributed by atoms with van der Waals surface area (Å²) in [6.45, 7) is 1.83. The molecule has 0 amide bonds. The van der Waals surface area contributed by atoms with E-state index < -0.39 is 10.0 Å². The Hall–Kier alpha value is -2.20. The molecule has 0 radical (unpaired) electrons. The van der Waals surface area contributed by atoms with Crippen LogP contribution in [0.1, 0.15) is 17.0 Å². The van der Waals surface area contributed by atoms with Crippen LogP contribution in [0.2, 0.25) is 5.02 Å². The topological polar surface area (TPSA) is 80.5 Å². The molecule has 0 aliphatic carbocycles. The van der Waals surface area contributed by atoms with Crippen LogP contribution in [-0.4, -0.2) is 46.1 Å². The van der Waals surface area contributed by atoms with Crippen molar-refractivity contribution in [2.75, 3.05) is 12.8 Å². The highest BCUT2D eigenvalue weighted by molar-refractivity contribution is 7.99. The Morgan fingerprint density at radius 2 is 1.86 bits per heavy atom. The van der Waals surface area contributed by atoms with E-state index in [1.54, 1.807) is 29.8 Å². The summed E-state index contributed by atoms with van der Waals surface area (Å²) in [6, 6.07) is 14.4. The summed E-state index contributed by atoms with van der Waals surface area (Å²) in [5.41, 5.74) is 2.50. The maximum atomic E-state index is 13.0. The molecule has 0 bridgehead atoms. The van der Waals surface area contributed by atoms with Crippen LogP contribution in [0, 0.1) is 6.92 Å². The van der Waals surface area contributed by atoms with Gasteiger partial charge in [0.25, 0.3) is 0 Å². The number of halogens is 1. The van der Waals surface area contributed by atoms with E-state index in [4.69, 9.17) is 11.6 Å². The van der Waals surface area contributed by atoms with E-state index in [-0.39, 0.29) is 11.4 Å². The molecule has 2 heterocycles. The molecular formula is C19H18ClN5O2S2. The van der Waals surface area contributed by atoms with Crippen LogP contribution in [0.4, 0.5) is 0 Å². The second-order valence-electron chi connectivity index (χ2n) is 6.58. The van der Waals surface area contributed by atoms with Crippen molar-refractivity contribution < 1.29 is 8.42 Å². The van der Waals surface area contributed by atoms with Crippen molar-refractivity contribution >= 4 is 39.1 Å². The third kappa shape index (κ3) is 3.95. The molecule has 1 aliphatic heterocycles. The van der Waals surface area contributed by atoms with Crippen molar-refractivity contribution in [1.29, 1.82) is 0 Å². The molecule has 1 aliphatic rings. The second kappa shape index (κ2) is 7.91. The average Bonchev–Trinajstić information content (AvgIpc) is 3.11. The molecule has 7 nitrogen and oxygen atoms in total. The fraction of sp³-hybridized carbons (Fsp3) is 0.211. The van der Waals surface area contributed by atoms with E-state index in [9.17, 15) is 8.42 Å². The molecule has 3 aromatic rings. The van der Waals surface area contributed by atoms with Gasteiger partial charge < -0.3 is 0 Å². The molecule has 150 valence electrons. The van der Waals surface area contributed by atoms with Crippen molar-refractivity contribution in [2.24, 2.45) is 5.10 Å². The van der Waals surface area contributed by atoms with Crippen molar-refractivity contribution in [3.05, 3.63) is 70.5 Å². The summed E-state index contributed by atoms with van der Waals surface area (Å²) < 4.78 is 28.8. The zero-order valence-corrected chi connectivity index (χ0v) is 18.2. The number of hydrogen-bond donors (Lipinski definition) is 0. The lowest BCUT2D eigenvalue weighted by Crippen LogP contribution is -2.28. The van der Waals surface area contributed by atoms with Crippen molar-refractivity contribution in [1.82, 2.24) is 19.2 Å². The first kappa shape index (κ1) is 20.1. The molecule has 10 heteroatoms. The molecule has 0 atom stereocenters. The molecule has 4 rings (SSSR count). The summed E-state index contributed by atoms with van der Waals surface area (Å²) in [6.07, 6.45) is 0. The van der Waals surface area contributed by atoms with E-state index in [0.717, 1.165) is 11.3 Å². The molecular weight excluding hydrogens is 430 g/mol. The maximum absolute atomic E-state index is 13.0. The van der Waals surface area contributed by atoms with Gasteiger partial charge in [-0.2, -0.15) is 14.1 Å². The van der Waals surface area contributed by atoms with E-state index >= 15 is 0 Å². The van der Waals surface area contributed by atoms with Gasteiger partial charge in [0.15, 0.2) is 5.82 Å². The molecule has 2 aromatic carbocycles. The van der Waals surface area contributed by atoms with Gasteiger partial charge in [0, 0.05) is 17.8 Å². The predicted octanol–water partition coefficient (Wildman–Crippen LogP) is 3.42. The number of nitrogens with zero attached hydrogens (tertiary/aromatic N) is 5. The van der Waals surface area contributed by atoms with Crippen LogP contribution < -0.4 is 0 Å². The highest BCUT2D eigenvalue weighted by atomic mass is 35.5. The van der Waals surface area contributed by atoms with Crippen LogP contribution in [-0.2, 0) is 16.6 Å². The van der Waals surface area contributed by atoms with Crippen molar-refractivity contribution in [3.8, 4) is 0 Å². The number of aromatic nitrogens is 3. The molecule has 0 unspecified atom stereocenters. The van der Waals surface area contributed by atoms with Crippen LogP contribution in [0.15, 0.2) is 63.7 Å². The largest absolute Gasteiger partial charge is 0.243 e. The number of rotatable bonds is 5. The van der Waals surface area contributed by atoms with Crippen molar-refractivity contribution in [3.63, 3.8) is 0 Å². The summed E-state index contributed by atoms with van der Waals surface area (Å²) in [4.78, 5) is 0.278. The van der Waals surface area contributed by atoms with Crippen LogP contribution >= 0.6 is 23.4 Å². The van der Waals surface area contributed by atoms with Gasteiger partial charge in [-0.05, 0) is 36.2 Å². The Balaban J connectivity index is 1.63. The first-order valence-electron chi connectivity index (χ1n) is 8.79. The monoisotopic (exact) mass is 447 g/mol. The standard InChI is InChI=1S/C19H18ClN5O2S2/c1-13-5-3-4-6-17(13)29(26,27)24(2)11-18-21-22-19-25(18)23-16(12-28-19)14-7-9-15(20)10-8-14/h3-10H,11-12H2,1-2H3. The first-order valence-corrected chi connectivity index (χ1v) is 11.6. The van der Waals surface area contributed by atoms with Gasteiger partial charge in [0.05, 0.1) is 17.2 Å². The SMILES string of the molecule is Cc1ccccc1S(=O)(=O)N(C)Cc1nnc2n1N=C(c1ccc(Cl)cc1)CS2. The van der Waals surface area contributed by atoms with Crippen LogP contribution in [0.25, 0.3) is 0 Å². The Morgan fingerprint density at radius 3 is 2.59 bits per heavy atom. The Bertz CT molecular complexity index is 1190. The van der Waals surface area contributed by atoms with E-state index in [1.807, 2.05) is 30.3 Å². The predicted molar refractivity (Wildman–Crippen MR) is 114 cm³/mol. The summed E-state index contributed by atoms with van der Waals surface area (Å²) in [5, 5.41) is 14.3. The summed E-state index contributed by atoms with van der Waals surface area (Å²) >= 11 is 7.48. The minimum atomic E-state index is -3.66. The molecule has 0 saturated heterocycles. The summed E-state index contributed by atoms with van der Waals surface area (Å²) in [5.74, 6) is 1.11. The number of aryl methyl sites for hydroxylation is 1. The normalized spacial score (nSPS) is 14.0. The van der Waals surface area contributed by atoms with E-state index in [1.165, 1.54) is 23.1 Å².